The maximum Gasteiger partial charge on any atom is 0.270 e. The Morgan fingerprint density at radius 3 is 2.62 bits per heavy atom. The molecule has 0 spiro atoms. The van der Waals surface area contributed by atoms with Crippen molar-refractivity contribution in [1.82, 2.24) is 15.0 Å². The highest BCUT2D eigenvalue weighted by Gasteiger charge is 2.18. The number of nitro groups is 1. The molecule has 0 aliphatic heterocycles. The van der Waals surface area contributed by atoms with Crippen molar-refractivity contribution < 1.29 is 4.92 Å². The third kappa shape index (κ3) is 3.00. The second-order valence-electron chi connectivity index (χ2n) is 5.84. The number of imidazole rings is 1. The number of nitrogens with zero attached hydrogens (tertiary/aromatic N) is 3. The SMILES string of the molecule is Cc1csc(-c2nc(-c3cccc([N+](=O)[O-])c3)c(-c3ccncc3)[nH]2)c1. The fourth-order valence-electron chi connectivity index (χ4n) is 2.75. The quantitative estimate of drug-likeness (QED) is 0.405. The number of thiophene rings is 1. The summed E-state index contributed by atoms with van der Waals surface area (Å²) in [5.41, 5.74) is 4.33. The third-order valence-electron chi connectivity index (χ3n) is 3.97. The lowest BCUT2D eigenvalue weighted by Crippen LogP contribution is -1.89. The summed E-state index contributed by atoms with van der Waals surface area (Å²) in [5, 5.41) is 13.2. The fourth-order valence-corrected chi connectivity index (χ4v) is 3.59. The lowest BCUT2D eigenvalue weighted by atomic mass is 10.1. The summed E-state index contributed by atoms with van der Waals surface area (Å²) in [6, 6.07) is 12.4. The van der Waals surface area contributed by atoms with Crippen LogP contribution in [0.2, 0.25) is 0 Å². The summed E-state index contributed by atoms with van der Waals surface area (Å²) in [4.78, 5) is 24.0. The van der Waals surface area contributed by atoms with Crippen LogP contribution in [0.3, 0.4) is 0 Å². The number of H-pyrrole nitrogens is 1. The molecular weight excluding hydrogens is 348 g/mol. The second kappa shape index (κ2) is 6.53. The van der Waals surface area contributed by atoms with Crippen LogP contribution in [0.1, 0.15) is 5.56 Å². The van der Waals surface area contributed by atoms with Crippen LogP contribution in [0.4, 0.5) is 5.69 Å². The summed E-state index contributed by atoms with van der Waals surface area (Å²) >= 11 is 1.61. The molecule has 1 N–H and O–H groups in total. The number of nitrogens with one attached hydrogen (secondary N) is 1. The Morgan fingerprint density at radius 2 is 1.92 bits per heavy atom. The van der Waals surface area contributed by atoms with Crippen molar-refractivity contribution in [1.29, 1.82) is 0 Å². The number of hydrogen-bond donors (Lipinski definition) is 1. The zero-order valence-corrected chi connectivity index (χ0v) is 14.7. The van der Waals surface area contributed by atoms with Crippen LogP contribution in [0.5, 0.6) is 0 Å². The molecule has 0 amide bonds. The van der Waals surface area contributed by atoms with Crippen molar-refractivity contribution in [3.8, 4) is 33.2 Å². The van der Waals surface area contributed by atoms with Gasteiger partial charge in [-0.25, -0.2) is 4.98 Å². The van der Waals surface area contributed by atoms with Crippen molar-refractivity contribution in [3.63, 3.8) is 0 Å². The molecule has 0 aliphatic rings. The highest BCUT2D eigenvalue weighted by atomic mass is 32.1. The van der Waals surface area contributed by atoms with Crippen LogP contribution in [0.15, 0.2) is 60.2 Å². The monoisotopic (exact) mass is 362 g/mol. The summed E-state index contributed by atoms with van der Waals surface area (Å²) in [6.45, 7) is 2.04. The Kier molecular flexibility index (Phi) is 4.06. The van der Waals surface area contributed by atoms with E-state index in [9.17, 15) is 10.1 Å². The zero-order valence-electron chi connectivity index (χ0n) is 13.8. The number of benzene rings is 1. The van der Waals surface area contributed by atoms with Crippen molar-refractivity contribution in [2.24, 2.45) is 0 Å². The topological polar surface area (TPSA) is 84.7 Å². The molecule has 0 saturated heterocycles. The molecule has 0 saturated carbocycles. The van der Waals surface area contributed by atoms with E-state index in [-0.39, 0.29) is 5.69 Å². The number of hydrogen-bond acceptors (Lipinski definition) is 5. The minimum absolute atomic E-state index is 0.0414. The predicted octanol–water partition coefficient (Wildman–Crippen LogP) is 5.08. The Bertz CT molecular complexity index is 1090. The van der Waals surface area contributed by atoms with Gasteiger partial charge in [0.05, 0.1) is 21.2 Å². The highest BCUT2D eigenvalue weighted by Crippen LogP contribution is 2.35. The van der Waals surface area contributed by atoms with Gasteiger partial charge in [0, 0.05) is 35.7 Å². The largest absolute Gasteiger partial charge is 0.337 e. The summed E-state index contributed by atoms with van der Waals surface area (Å²) in [6.07, 6.45) is 3.42. The number of aryl methyl sites for hydroxylation is 1. The van der Waals surface area contributed by atoms with E-state index in [1.165, 1.54) is 11.6 Å². The zero-order chi connectivity index (χ0) is 18.1. The van der Waals surface area contributed by atoms with E-state index in [1.807, 2.05) is 25.1 Å². The van der Waals surface area contributed by atoms with E-state index in [0.29, 0.717) is 11.3 Å². The van der Waals surface area contributed by atoms with E-state index >= 15 is 0 Å². The number of rotatable bonds is 4. The van der Waals surface area contributed by atoms with Gasteiger partial charge in [0.2, 0.25) is 0 Å². The average Bonchev–Trinajstić information content (AvgIpc) is 3.29. The molecule has 4 aromatic rings. The van der Waals surface area contributed by atoms with E-state index in [2.05, 4.69) is 21.4 Å². The van der Waals surface area contributed by atoms with Crippen LogP contribution < -0.4 is 0 Å². The van der Waals surface area contributed by atoms with Gasteiger partial charge in [-0.3, -0.25) is 15.1 Å². The van der Waals surface area contributed by atoms with Gasteiger partial charge < -0.3 is 4.98 Å². The molecule has 128 valence electrons. The van der Waals surface area contributed by atoms with Gasteiger partial charge in [0.1, 0.15) is 5.82 Å². The maximum atomic E-state index is 11.1. The molecule has 4 rings (SSSR count). The van der Waals surface area contributed by atoms with Crippen LogP contribution in [-0.2, 0) is 0 Å². The summed E-state index contributed by atoms with van der Waals surface area (Å²) < 4.78 is 0. The van der Waals surface area contributed by atoms with Gasteiger partial charge >= 0.3 is 0 Å². The number of non-ortho nitro benzene ring substituents is 1. The van der Waals surface area contributed by atoms with Crippen LogP contribution >= 0.6 is 11.3 Å². The fraction of sp³-hybridized carbons (Fsp3) is 0.0526. The summed E-state index contributed by atoms with van der Waals surface area (Å²) in [7, 11) is 0. The van der Waals surface area contributed by atoms with E-state index < -0.39 is 4.92 Å². The Balaban J connectivity index is 1.91. The normalized spacial score (nSPS) is 10.8. The molecule has 0 fully saturated rings. The molecule has 3 aromatic heterocycles. The summed E-state index contributed by atoms with van der Waals surface area (Å²) in [5.74, 6) is 0.747. The molecule has 0 atom stereocenters. The van der Waals surface area contributed by atoms with Gasteiger partial charge in [-0.2, -0.15) is 0 Å². The van der Waals surface area contributed by atoms with Crippen LogP contribution in [0, 0.1) is 17.0 Å². The van der Waals surface area contributed by atoms with Crippen LogP contribution in [0.25, 0.3) is 33.2 Å². The number of aromatic amines is 1. The first kappa shape index (κ1) is 16.2. The number of nitro benzene ring substituents is 1. The van der Waals surface area contributed by atoms with Crippen molar-refractivity contribution in [2.75, 3.05) is 0 Å². The Hall–Kier alpha value is -3.32. The lowest BCUT2D eigenvalue weighted by molar-refractivity contribution is -0.384. The van der Waals surface area contributed by atoms with Gasteiger partial charge in [-0.1, -0.05) is 12.1 Å². The number of pyridine rings is 1. The van der Waals surface area contributed by atoms with Gasteiger partial charge in [-0.15, -0.1) is 11.3 Å². The van der Waals surface area contributed by atoms with Gasteiger partial charge in [0.15, 0.2) is 0 Å². The molecule has 7 heteroatoms. The van der Waals surface area contributed by atoms with E-state index in [0.717, 1.165) is 22.0 Å². The highest BCUT2D eigenvalue weighted by molar-refractivity contribution is 7.13. The average molecular weight is 362 g/mol. The van der Waals surface area contributed by atoms with Crippen LogP contribution in [-0.4, -0.2) is 19.9 Å². The lowest BCUT2D eigenvalue weighted by Gasteiger charge is -2.03. The first-order valence-electron chi connectivity index (χ1n) is 7.92. The minimum Gasteiger partial charge on any atom is -0.337 e. The smallest absolute Gasteiger partial charge is 0.270 e. The second-order valence-corrected chi connectivity index (χ2v) is 6.75. The molecule has 26 heavy (non-hydrogen) atoms. The van der Waals surface area contributed by atoms with E-state index in [1.54, 1.807) is 35.9 Å². The van der Waals surface area contributed by atoms with E-state index in [4.69, 9.17) is 4.98 Å². The molecular formula is C19H14N4O2S. The molecule has 0 radical (unpaired) electrons. The number of aromatic nitrogens is 3. The first-order chi connectivity index (χ1) is 12.6. The van der Waals surface area contributed by atoms with Gasteiger partial charge in [-0.05, 0) is 36.1 Å². The third-order valence-corrected chi connectivity index (χ3v) is 5.02. The molecule has 6 nitrogen and oxygen atoms in total. The first-order valence-corrected chi connectivity index (χ1v) is 8.80. The Labute approximate surface area is 153 Å². The maximum absolute atomic E-state index is 11.1. The Morgan fingerprint density at radius 1 is 1.12 bits per heavy atom. The van der Waals surface area contributed by atoms with Crippen molar-refractivity contribution in [2.45, 2.75) is 6.92 Å². The van der Waals surface area contributed by atoms with Gasteiger partial charge in [0.25, 0.3) is 5.69 Å². The predicted molar refractivity (Wildman–Crippen MR) is 102 cm³/mol. The standard InChI is InChI=1S/C19H14N4O2S/c1-12-9-16(26-11-12)19-21-17(13-5-7-20-8-6-13)18(22-19)14-3-2-4-15(10-14)23(24)25/h2-11H,1H3,(H,21,22). The van der Waals surface area contributed by atoms with Crippen molar-refractivity contribution >= 4 is 17.0 Å². The molecule has 0 unspecified atom stereocenters. The molecule has 3 heterocycles. The minimum atomic E-state index is -0.397. The molecule has 0 bridgehead atoms. The molecule has 1 aromatic carbocycles. The molecule has 0 aliphatic carbocycles. The van der Waals surface area contributed by atoms with Crippen molar-refractivity contribution in [3.05, 3.63) is 75.9 Å².